The van der Waals surface area contributed by atoms with Gasteiger partial charge in [-0.25, -0.2) is 18.8 Å². The van der Waals surface area contributed by atoms with Crippen LogP contribution in [-0.2, 0) is 17.5 Å². The fourth-order valence-electron chi connectivity index (χ4n) is 2.91. The van der Waals surface area contributed by atoms with Crippen LogP contribution >= 0.6 is 0 Å². The van der Waals surface area contributed by atoms with Gasteiger partial charge in [0, 0.05) is 0 Å². The highest BCUT2D eigenvalue weighted by molar-refractivity contribution is 5.76. The van der Waals surface area contributed by atoms with Crippen molar-refractivity contribution in [2.75, 3.05) is 0 Å². The van der Waals surface area contributed by atoms with Gasteiger partial charge in [-0.05, 0) is 55.8 Å². The summed E-state index contributed by atoms with van der Waals surface area (Å²) in [6, 6.07) is 7.20. The van der Waals surface area contributed by atoms with Crippen molar-refractivity contribution in [3.8, 4) is 17.2 Å². The van der Waals surface area contributed by atoms with Crippen molar-refractivity contribution in [3.63, 3.8) is 0 Å². The van der Waals surface area contributed by atoms with Gasteiger partial charge in [-0.2, -0.15) is 18.3 Å². The standard InChI is InChI=1S/C21H17F6N3O5/c1-19(2,17(31)32)35-16-8-3-12(9-15(16)20(22,23)24)10-30-18(33)29(11-28-30)13-4-6-14(7-5-13)34-21(25,26)27/h3-9,11H,10H2,1-2H3,(H,31,32). The molecule has 1 N–H and O–H groups in total. The Morgan fingerprint density at radius 1 is 1.00 bits per heavy atom. The van der Waals surface area contributed by atoms with Crippen LogP contribution in [0, 0.1) is 0 Å². The minimum absolute atomic E-state index is 0.0130. The number of carboxylic acid groups (broad SMARTS) is 1. The van der Waals surface area contributed by atoms with Gasteiger partial charge < -0.3 is 14.6 Å². The molecule has 0 aliphatic heterocycles. The summed E-state index contributed by atoms with van der Waals surface area (Å²) < 4.78 is 88.3. The smallest absolute Gasteiger partial charge is 0.478 e. The molecule has 0 spiro atoms. The molecule has 2 aromatic carbocycles. The van der Waals surface area contributed by atoms with E-state index in [-0.39, 0.29) is 17.8 Å². The summed E-state index contributed by atoms with van der Waals surface area (Å²) in [5.41, 5.74) is -3.78. The molecule has 0 fully saturated rings. The topological polar surface area (TPSA) is 95.6 Å². The van der Waals surface area contributed by atoms with Crippen LogP contribution in [0.5, 0.6) is 11.5 Å². The molecule has 0 amide bonds. The van der Waals surface area contributed by atoms with Gasteiger partial charge in [-0.3, -0.25) is 0 Å². The zero-order valence-electron chi connectivity index (χ0n) is 18.0. The number of carboxylic acids is 1. The van der Waals surface area contributed by atoms with Crippen molar-refractivity contribution < 1.29 is 45.7 Å². The van der Waals surface area contributed by atoms with E-state index in [1.165, 1.54) is 18.2 Å². The van der Waals surface area contributed by atoms with Crippen LogP contribution in [0.4, 0.5) is 26.3 Å². The predicted molar refractivity (Wildman–Crippen MR) is 107 cm³/mol. The number of hydrogen-bond acceptors (Lipinski definition) is 5. The van der Waals surface area contributed by atoms with Crippen molar-refractivity contribution in [3.05, 3.63) is 70.4 Å². The highest BCUT2D eigenvalue weighted by atomic mass is 19.4. The predicted octanol–water partition coefficient (Wildman–Crippen LogP) is 4.24. The van der Waals surface area contributed by atoms with E-state index in [9.17, 15) is 35.9 Å². The second-order valence-electron chi connectivity index (χ2n) is 7.73. The lowest BCUT2D eigenvalue weighted by Crippen LogP contribution is -2.38. The Morgan fingerprint density at radius 3 is 2.17 bits per heavy atom. The van der Waals surface area contributed by atoms with E-state index in [1.54, 1.807) is 0 Å². The lowest BCUT2D eigenvalue weighted by molar-refractivity contribution is -0.274. The summed E-state index contributed by atoms with van der Waals surface area (Å²) in [5.74, 6) is -2.67. The highest BCUT2D eigenvalue weighted by Crippen LogP contribution is 2.38. The minimum atomic E-state index is -4.89. The molecule has 0 bridgehead atoms. The van der Waals surface area contributed by atoms with E-state index in [2.05, 4.69) is 9.84 Å². The Bertz CT molecular complexity index is 1280. The molecule has 0 saturated heterocycles. The molecule has 0 aliphatic carbocycles. The lowest BCUT2D eigenvalue weighted by Gasteiger charge is -2.24. The molecule has 0 saturated carbocycles. The number of rotatable bonds is 7. The molecule has 14 heteroatoms. The molecule has 0 radical (unpaired) electrons. The van der Waals surface area contributed by atoms with Crippen molar-refractivity contribution in [1.82, 2.24) is 14.3 Å². The number of aliphatic carboxylic acids is 1. The summed E-state index contributed by atoms with van der Waals surface area (Å²) >= 11 is 0. The Balaban J connectivity index is 1.87. The number of ether oxygens (including phenoxy) is 2. The first-order chi connectivity index (χ1) is 16.1. The van der Waals surface area contributed by atoms with E-state index < -0.39 is 46.9 Å². The molecule has 1 aromatic heterocycles. The van der Waals surface area contributed by atoms with Gasteiger partial charge in [-0.1, -0.05) is 6.07 Å². The molecular weight excluding hydrogens is 488 g/mol. The van der Waals surface area contributed by atoms with Crippen molar-refractivity contribution >= 4 is 5.97 Å². The first-order valence-corrected chi connectivity index (χ1v) is 9.70. The first kappa shape index (κ1) is 25.6. The number of alkyl halides is 6. The zero-order chi connectivity index (χ0) is 26.2. The second-order valence-corrected chi connectivity index (χ2v) is 7.73. The molecule has 1 heterocycles. The molecule has 3 aromatic rings. The average molecular weight is 505 g/mol. The van der Waals surface area contributed by atoms with E-state index in [0.29, 0.717) is 6.07 Å². The Labute approximate surface area is 192 Å². The number of nitrogens with zero attached hydrogens (tertiary/aromatic N) is 3. The van der Waals surface area contributed by atoms with Gasteiger partial charge in [0.25, 0.3) is 0 Å². The zero-order valence-corrected chi connectivity index (χ0v) is 18.0. The third-order valence-corrected chi connectivity index (χ3v) is 4.64. The van der Waals surface area contributed by atoms with Gasteiger partial charge in [0.05, 0.1) is 17.8 Å². The van der Waals surface area contributed by atoms with Crippen LogP contribution < -0.4 is 15.2 Å². The van der Waals surface area contributed by atoms with Gasteiger partial charge in [0.1, 0.15) is 17.8 Å². The summed E-state index contributed by atoms with van der Waals surface area (Å²) in [6.45, 7) is 1.81. The molecular formula is C21H17F6N3O5. The molecule has 0 atom stereocenters. The van der Waals surface area contributed by atoms with Crippen LogP contribution in [0.3, 0.4) is 0 Å². The largest absolute Gasteiger partial charge is 0.573 e. The van der Waals surface area contributed by atoms with Crippen LogP contribution in [0.25, 0.3) is 5.69 Å². The van der Waals surface area contributed by atoms with Gasteiger partial charge in [-0.15, -0.1) is 13.2 Å². The fraction of sp³-hybridized carbons (Fsp3) is 0.286. The fourth-order valence-corrected chi connectivity index (χ4v) is 2.91. The lowest BCUT2D eigenvalue weighted by atomic mass is 10.1. The maximum atomic E-state index is 13.6. The van der Waals surface area contributed by atoms with Crippen LogP contribution in [-0.4, -0.2) is 37.4 Å². The first-order valence-electron chi connectivity index (χ1n) is 9.70. The Morgan fingerprint density at radius 2 is 1.63 bits per heavy atom. The average Bonchev–Trinajstić information content (AvgIpc) is 3.07. The summed E-state index contributed by atoms with van der Waals surface area (Å²) in [7, 11) is 0. The number of aromatic nitrogens is 3. The van der Waals surface area contributed by atoms with Crippen molar-refractivity contribution in [2.45, 2.75) is 38.5 Å². The molecule has 188 valence electrons. The number of carbonyl (C=O) groups is 1. The Kier molecular flexibility index (Phi) is 6.59. The normalized spacial score (nSPS) is 12.5. The van der Waals surface area contributed by atoms with Gasteiger partial charge >= 0.3 is 24.2 Å². The van der Waals surface area contributed by atoms with Crippen LogP contribution in [0.15, 0.2) is 53.6 Å². The third kappa shape index (κ3) is 6.13. The molecule has 3 rings (SSSR count). The molecule has 0 aliphatic rings. The summed E-state index contributed by atoms with van der Waals surface area (Å²) in [4.78, 5) is 23.9. The van der Waals surface area contributed by atoms with E-state index in [0.717, 1.165) is 47.6 Å². The molecule has 35 heavy (non-hydrogen) atoms. The van der Waals surface area contributed by atoms with E-state index >= 15 is 0 Å². The maximum absolute atomic E-state index is 13.6. The second kappa shape index (κ2) is 9.00. The quantitative estimate of drug-likeness (QED) is 0.483. The minimum Gasteiger partial charge on any atom is -0.478 e. The van der Waals surface area contributed by atoms with Gasteiger partial charge in [0.2, 0.25) is 0 Å². The van der Waals surface area contributed by atoms with Gasteiger partial charge in [0.15, 0.2) is 5.60 Å². The number of benzene rings is 2. The third-order valence-electron chi connectivity index (χ3n) is 4.64. The summed E-state index contributed by atoms with van der Waals surface area (Å²) in [5, 5.41) is 13.0. The Hall–Kier alpha value is -3.97. The van der Waals surface area contributed by atoms with Crippen molar-refractivity contribution in [1.29, 1.82) is 0 Å². The molecule has 8 nitrogen and oxygen atoms in total. The SMILES string of the molecule is CC(C)(Oc1ccc(Cn2ncn(-c3ccc(OC(F)(F)F)cc3)c2=O)cc1C(F)(F)F)C(=O)O. The van der Waals surface area contributed by atoms with Crippen LogP contribution in [0.1, 0.15) is 25.0 Å². The van der Waals surface area contributed by atoms with Crippen LogP contribution in [0.2, 0.25) is 0 Å². The van der Waals surface area contributed by atoms with E-state index in [1.807, 2.05) is 0 Å². The van der Waals surface area contributed by atoms with Crippen molar-refractivity contribution in [2.24, 2.45) is 0 Å². The maximum Gasteiger partial charge on any atom is 0.573 e. The number of hydrogen-bond donors (Lipinski definition) is 1. The summed E-state index contributed by atoms with van der Waals surface area (Å²) in [6.07, 6.45) is -8.72. The van der Waals surface area contributed by atoms with E-state index in [4.69, 9.17) is 9.84 Å². The number of halogens is 6. The monoisotopic (exact) mass is 505 g/mol. The highest BCUT2D eigenvalue weighted by Gasteiger charge is 2.38. The molecule has 0 unspecified atom stereocenters.